The summed E-state index contributed by atoms with van der Waals surface area (Å²) in [5.74, 6) is -0.837. The van der Waals surface area contributed by atoms with Crippen LogP contribution in [-0.4, -0.2) is 37.2 Å². The predicted octanol–water partition coefficient (Wildman–Crippen LogP) is 23.4. The molecule has 0 aromatic rings. The molecule has 0 aromatic carbocycles. The van der Waals surface area contributed by atoms with E-state index in [0.717, 1.165) is 64.2 Å². The minimum absolute atomic E-state index is 0.0657. The number of rotatable bonds is 64. The van der Waals surface area contributed by atoms with E-state index in [1.54, 1.807) is 0 Å². The normalized spacial score (nSPS) is 12.1. The van der Waals surface area contributed by atoms with E-state index in [2.05, 4.69) is 45.1 Å². The van der Waals surface area contributed by atoms with Gasteiger partial charge < -0.3 is 14.2 Å². The molecule has 0 aliphatic rings. The van der Waals surface area contributed by atoms with Crippen LogP contribution >= 0.6 is 0 Å². The van der Waals surface area contributed by atoms with Gasteiger partial charge in [-0.3, -0.25) is 14.4 Å². The van der Waals surface area contributed by atoms with E-state index in [-0.39, 0.29) is 31.1 Å². The fourth-order valence-electron chi connectivity index (χ4n) is 10.5. The number of unbranched alkanes of at least 4 members (excludes halogenated alkanes) is 49. The van der Waals surface area contributed by atoms with Gasteiger partial charge >= 0.3 is 17.9 Å². The van der Waals surface area contributed by atoms with Crippen molar-refractivity contribution in [1.82, 2.24) is 0 Å². The van der Waals surface area contributed by atoms with Crippen molar-refractivity contribution < 1.29 is 28.6 Å². The average Bonchev–Trinajstić information content (AvgIpc) is 3.42. The highest BCUT2D eigenvalue weighted by Crippen LogP contribution is 2.18. The molecule has 0 amide bonds. The Hall–Kier alpha value is -2.11. The molecule has 1 atom stereocenters. The van der Waals surface area contributed by atoms with Crippen molar-refractivity contribution in [1.29, 1.82) is 0 Å². The Morgan fingerprint density at radius 2 is 0.474 bits per heavy atom. The van der Waals surface area contributed by atoms with Crippen LogP contribution in [0.1, 0.15) is 387 Å². The third-order valence-electron chi connectivity index (χ3n) is 15.7. The Balaban J connectivity index is 4.31. The summed E-state index contributed by atoms with van der Waals surface area (Å²) in [6.45, 7) is 6.71. The van der Waals surface area contributed by atoms with Gasteiger partial charge in [-0.15, -0.1) is 0 Å². The Bertz CT molecular complexity index is 1230. The quantitative estimate of drug-likeness (QED) is 0.0261. The molecule has 0 saturated heterocycles. The molecule has 0 aliphatic heterocycles. The molecular formula is C70H132O6. The minimum Gasteiger partial charge on any atom is -0.462 e. The van der Waals surface area contributed by atoms with Gasteiger partial charge in [-0.2, -0.15) is 0 Å². The zero-order valence-corrected chi connectivity index (χ0v) is 51.6. The Kier molecular flexibility index (Phi) is 63.6. The van der Waals surface area contributed by atoms with Crippen LogP contribution in [0.25, 0.3) is 0 Å². The van der Waals surface area contributed by atoms with Gasteiger partial charge in [-0.25, -0.2) is 0 Å². The number of hydrogen-bond donors (Lipinski definition) is 0. The van der Waals surface area contributed by atoms with E-state index in [1.165, 1.54) is 283 Å². The summed E-state index contributed by atoms with van der Waals surface area (Å²) in [5, 5.41) is 0. The van der Waals surface area contributed by atoms with Crippen molar-refractivity contribution in [3.8, 4) is 0 Å². The first-order chi connectivity index (χ1) is 37.5. The lowest BCUT2D eigenvalue weighted by Crippen LogP contribution is -2.30. The maximum Gasteiger partial charge on any atom is 0.306 e. The van der Waals surface area contributed by atoms with E-state index in [0.29, 0.717) is 19.3 Å². The Labute approximate surface area is 474 Å². The summed E-state index contributed by atoms with van der Waals surface area (Å²) in [4.78, 5) is 38.4. The Morgan fingerprint density at radius 1 is 0.263 bits per heavy atom. The molecule has 448 valence electrons. The fourth-order valence-corrected chi connectivity index (χ4v) is 10.5. The summed E-state index contributed by atoms with van der Waals surface area (Å²) < 4.78 is 17.0. The second-order valence-electron chi connectivity index (χ2n) is 23.5. The molecule has 0 saturated carbocycles. The summed E-state index contributed by atoms with van der Waals surface area (Å²) in [5.41, 5.74) is 0. The zero-order valence-electron chi connectivity index (χ0n) is 51.6. The molecule has 6 nitrogen and oxygen atoms in total. The molecule has 6 heteroatoms. The minimum atomic E-state index is -0.770. The fraction of sp³-hybridized carbons (Fsp3) is 0.900. The van der Waals surface area contributed by atoms with Gasteiger partial charge in [0.25, 0.3) is 0 Å². The number of ether oxygens (including phenoxy) is 3. The highest BCUT2D eigenvalue weighted by molar-refractivity contribution is 5.71. The average molecular weight is 1070 g/mol. The topological polar surface area (TPSA) is 78.9 Å². The summed E-state index contributed by atoms with van der Waals surface area (Å²) in [6, 6.07) is 0. The van der Waals surface area contributed by atoms with Crippen molar-refractivity contribution in [2.75, 3.05) is 13.2 Å². The van der Waals surface area contributed by atoms with Crippen molar-refractivity contribution in [3.63, 3.8) is 0 Å². The number of esters is 3. The molecule has 0 spiro atoms. The first-order valence-electron chi connectivity index (χ1n) is 34.3. The van der Waals surface area contributed by atoms with E-state index in [9.17, 15) is 14.4 Å². The van der Waals surface area contributed by atoms with Gasteiger partial charge in [0.1, 0.15) is 13.2 Å². The van der Waals surface area contributed by atoms with E-state index in [1.807, 2.05) is 0 Å². The first kappa shape index (κ1) is 73.9. The lowest BCUT2D eigenvalue weighted by Gasteiger charge is -2.18. The van der Waals surface area contributed by atoms with Crippen LogP contribution in [0.4, 0.5) is 0 Å². The van der Waals surface area contributed by atoms with Crippen LogP contribution in [0, 0.1) is 0 Å². The van der Waals surface area contributed by atoms with Crippen LogP contribution in [0.15, 0.2) is 24.3 Å². The maximum absolute atomic E-state index is 12.9. The van der Waals surface area contributed by atoms with Crippen LogP contribution in [-0.2, 0) is 28.6 Å². The first-order valence-corrected chi connectivity index (χ1v) is 34.3. The second kappa shape index (κ2) is 65.4. The molecule has 0 aromatic heterocycles. The molecule has 76 heavy (non-hydrogen) atoms. The van der Waals surface area contributed by atoms with Gasteiger partial charge in [0.2, 0.25) is 0 Å². The van der Waals surface area contributed by atoms with E-state index < -0.39 is 6.10 Å². The summed E-state index contributed by atoms with van der Waals surface area (Å²) in [6.07, 6.45) is 79.0. The van der Waals surface area contributed by atoms with Gasteiger partial charge in [0, 0.05) is 19.3 Å². The molecule has 0 aliphatic carbocycles. The Morgan fingerprint density at radius 3 is 0.724 bits per heavy atom. The van der Waals surface area contributed by atoms with Crippen LogP contribution in [0.5, 0.6) is 0 Å². The predicted molar refractivity (Wildman–Crippen MR) is 330 cm³/mol. The SMILES string of the molecule is CCCCCCC/C=C\C/C=C\CCCCCCCCCCCC(=O)OCC(COC(=O)CCCCCCCCCCCCCCCCCCCC)OC(=O)CCCCCCCCCCCCCCCCCCCCC. The van der Waals surface area contributed by atoms with Crippen molar-refractivity contribution in [2.45, 2.75) is 393 Å². The third kappa shape index (κ3) is 62.7. The lowest BCUT2D eigenvalue weighted by atomic mass is 10.0. The number of hydrogen-bond acceptors (Lipinski definition) is 6. The highest BCUT2D eigenvalue weighted by atomic mass is 16.6. The van der Waals surface area contributed by atoms with Crippen molar-refractivity contribution >= 4 is 17.9 Å². The number of allylic oxidation sites excluding steroid dienone is 4. The summed E-state index contributed by atoms with van der Waals surface area (Å²) in [7, 11) is 0. The van der Waals surface area contributed by atoms with Gasteiger partial charge in [0.15, 0.2) is 6.10 Å². The summed E-state index contributed by atoms with van der Waals surface area (Å²) >= 11 is 0. The van der Waals surface area contributed by atoms with Crippen LogP contribution in [0.2, 0.25) is 0 Å². The smallest absolute Gasteiger partial charge is 0.306 e. The maximum atomic E-state index is 12.9. The molecular weight excluding hydrogens is 937 g/mol. The number of carbonyl (C=O) groups excluding carboxylic acids is 3. The van der Waals surface area contributed by atoms with Crippen molar-refractivity contribution in [3.05, 3.63) is 24.3 Å². The van der Waals surface area contributed by atoms with E-state index in [4.69, 9.17) is 14.2 Å². The molecule has 0 rings (SSSR count). The molecule has 0 bridgehead atoms. The third-order valence-corrected chi connectivity index (χ3v) is 15.7. The largest absolute Gasteiger partial charge is 0.462 e. The van der Waals surface area contributed by atoms with Crippen LogP contribution < -0.4 is 0 Å². The molecule has 1 unspecified atom stereocenters. The van der Waals surface area contributed by atoms with Gasteiger partial charge in [-0.1, -0.05) is 340 Å². The number of carbonyl (C=O) groups is 3. The second-order valence-corrected chi connectivity index (χ2v) is 23.5. The zero-order chi connectivity index (χ0) is 55.0. The highest BCUT2D eigenvalue weighted by Gasteiger charge is 2.19. The molecule has 0 N–H and O–H groups in total. The standard InChI is InChI=1S/C70H132O6/c1-4-7-10-13-16-19-22-25-28-31-34-35-37-39-42-45-48-51-54-57-60-63-69(72)75-66-67(65-74-68(71)62-59-56-53-50-47-44-41-38-33-30-27-24-21-18-15-12-9-6-3)76-70(73)64-61-58-55-52-49-46-43-40-36-32-29-26-23-20-17-14-11-8-5-2/h22,25,31,34,67H,4-21,23-24,26-30,32-33,35-66H2,1-3H3/b25-22-,34-31-. The van der Waals surface area contributed by atoms with Gasteiger partial charge in [-0.05, 0) is 51.4 Å². The molecule has 0 radical (unpaired) electrons. The van der Waals surface area contributed by atoms with Gasteiger partial charge in [0.05, 0.1) is 0 Å². The van der Waals surface area contributed by atoms with Crippen LogP contribution in [0.3, 0.4) is 0 Å². The van der Waals surface area contributed by atoms with Crippen molar-refractivity contribution in [2.24, 2.45) is 0 Å². The lowest BCUT2D eigenvalue weighted by molar-refractivity contribution is -0.167. The monoisotopic (exact) mass is 1070 g/mol. The van der Waals surface area contributed by atoms with E-state index >= 15 is 0 Å². The molecule has 0 heterocycles. The molecule has 0 fully saturated rings.